The summed E-state index contributed by atoms with van der Waals surface area (Å²) in [5.74, 6) is 1.69. The number of nitrogens with one attached hydrogen (secondary N) is 1. The Balaban J connectivity index is 1.46. The van der Waals surface area contributed by atoms with Gasteiger partial charge in [0.25, 0.3) is 0 Å². The van der Waals surface area contributed by atoms with Crippen molar-refractivity contribution in [2.45, 2.75) is 44.1 Å². The van der Waals surface area contributed by atoms with Crippen molar-refractivity contribution in [1.82, 2.24) is 19.7 Å². The van der Waals surface area contributed by atoms with E-state index in [1.54, 1.807) is 12.4 Å². The molecule has 4 rings (SSSR count). The summed E-state index contributed by atoms with van der Waals surface area (Å²) in [7, 11) is 0. The molecule has 2 aromatic heterocycles. The number of carbonyl (C=O) groups is 1. The van der Waals surface area contributed by atoms with Gasteiger partial charge in [0.05, 0.1) is 6.20 Å². The monoisotopic (exact) mass is 398 g/mol. The summed E-state index contributed by atoms with van der Waals surface area (Å²) in [5, 5.41) is 12.5. The van der Waals surface area contributed by atoms with Gasteiger partial charge in [-0.2, -0.15) is 0 Å². The summed E-state index contributed by atoms with van der Waals surface area (Å²) in [6.07, 6.45) is 9.04. The van der Waals surface area contributed by atoms with Crippen LogP contribution < -0.4 is 5.32 Å². The van der Waals surface area contributed by atoms with Crippen LogP contribution in [0, 0.1) is 5.92 Å². The van der Waals surface area contributed by atoms with Crippen molar-refractivity contribution in [3.63, 3.8) is 0 Å². The average molecular weight is 399 g/mol. The number of hydrogen-bond acceptors (Lipinski definition) is 3. The van der Waals surface area contributed by atoms with Gasteiger partial charge in [0, 0.05) is 24.4 Å². The van der Waals surface area contributed by atoms with Gasteiger partial charge in [-0.05, 0) is 43.6 Å². The molecule has 1 saturated carbocycles. The lowest BCUT2D eigenvalue weighted by Crippen LogP contribution is -2.42. The highest BCUT2D eigenvalue weighted by Gasteiger charge is 2.31. The maximum absolute atomic E-state index is 11.3. The van der Waals surface area contributed by atoms with Crippen LogP contribution in [0.3, 0.4) is 0 Å². The first-order valence-corrected chi connectivity index (χ1v) is 10.0. The van der Waals surface area contributed by atoms with Gasteiger partial charge in [0.1, 0.15) is 11.3 Å². The Hall–Kier alpha value is -2.60. The highest BCUT2D eigenvalue weighted by molar-refractivity contribution is 6.32. The van der Waals surface area contributed by atoms with E-state index in [0.717, 1.165) is 49.0 Å². The molecule has 1 unspecified atom stereocenters. The zero-order valence-corrected chi connectivity index (χ0v) is 16.2. The topological polar surface area (TPSA) is 79.5 Å². The molecule has 6 nitrogen and oxygen atoms in total. The maximum atomic E-state index is 11.3. The van der Waals surface area contributed by atoms with Gasteiger partial charge in [0.15, 0.2) is 5.15 Å². The molecule has 7 heteroatoms. The normalized spacial score (nSPS) is 20.8. The molecule has 0 bridgehead atoms. The van der Waals surface area contributed by atoms with E-state index in [4.69, 9.17) is 11.6 Å². The van der Waals surface area contributed by atoms with Crippen LogP contribution in [0.25, 0.3) is 5.52 Å². The zero-order valence-electron chi connectivity index (χ0n) is 15.5. The second-order valence-electron chi connectivity index (χ2n) is 7.45. The number of aromatic nitrogens is 3. The van der Waals surface area contributed by atoms with E-state index in [1.807, 2.05) is 28.8 Å². The van der Waals surface area contributed by atoms with E-state index in [9.17, 15) is 9.90 Å². The molecule has 2 N–H and O–H groups in total. The molecule has 1 atom stereocenters. The minimum absolute atomic E-state index is 0.0727. The number of hydrogen-bond donors (Lipinski definition) is 2. The number of imidazole rings is 1. The molecule has 1 aromatic carbocycles. The molecule has 28 heavy (non-hydrogen) atoms. The standard InChI is InChI=1S/C21H23ClN4O2/c22-19-18-13-24-20(26(18)11-10-23-19)16-8-6-15(7-9-16)17(25-21(27)28)12-14-4-2-1-3-5-14/h1-5,10-11,13,15-17,25H,6-9,12H2,(H,27,28)/t15-,16-,17?. The fourth-order valence-electron chi connectivity index (χ4n) is 4.36. The van der Waals surface area contributed by atoms with E-state index in [-0.39, 0.29) is 6.04 Å². The largest absolute Gasteiger partial charge is 0.465 e. The number of carboxylic acid groups (broad SMARTS) is 1. The Morgan fingerprint density at radius 3 is 2.68 bits per heavy atom. The third-order valence-corrected chi connectivity index (χ3v) is 6.04. The number of fused-ring (bicyclic) bond motifs is 1. The number of amides is 1. The summed E-state index contributed by atoms with van der Waals surface area (Å²) in [6.45, 7) is 0. The molecule has 0 aliphatic heterocycles. The molecule has 1 aliphatic carbocycles. The number of benzene rings is 1. The molecule has 0 radical (unpaired) electrons. The first-order chi connectivity index (χ1) is 13.6. The Bertz CT molecular complexity index is 951. The van der Waals surface area contributed by atoms with Crippen molar-refractivity contribution in [3.05, 3.63) is 65.5 Å². The van der Waals surface area contributed by atoms with E-state index in [1.165, 1.54) is 0 Å². The molecular formula is C21H23ClN4O2. The van der Waals surface area contributed by atoms with Crippen LogP contribution in [-0.4, -0.2) is 31.6 Å². The van der Waals surface area contributed by atoms with E-state index in [0.29, 0.717) is 17.0 Å². The van der Waals surface area contributed by atoms with Crippen molar-refractivity contribution in [2.75, 3.05) is 0 Å². The second kappa shape index (κ2) is 8.19. The first kappa shape index (κ1) is 18.7. The highest BCUT2D eigenvalue weighted by Crippen LogP contribution is 2.37. The Labute approximate surface area is 168 Å². The Kier molecular flexibility index (Phi) is 5.48. The molecule has 3 aromatic rings. The van der Waals surface area contributed by atoms with Crippen molar-refractivity contribution in [2.24, 2.45) is 5.92 Å². The van der Waals surface area contributed by atoms with Crippen molar-refractivity contribution >= 4 is 23.2 Å². The number of rotatable bonds is 5. The Morgan fingerprint density at radius 1 is 1.21 bits per heavy atom. The summed E-state index contributed by atoms with van der Waals surface area (Å²) < 4.78 is 2.03. The lowest BCUT2D eigenvalue weighted by molar-refractivity contribution is 0.176. The third kappa shape index (κ3) is 3.97. The maximum Gasteiger partial charge on any atom is 0.404 e. The molecule has 1 aliphatic rings. The summed E-state index contributed by atoms with van der Waals surface area (Å²) >= 11 is 6.16. The fourth-order valence-corrected chi connectivity index (χ4v) is 4.56. The van der Waals surface area contributed by atoms with Gasteiger partial charge in [-0.25, -0.2) is 14.8 Å². The molecule has 0 spiro atoms. The zero-order chi connectivity index (χ0) is 19.5. The number of halogens is 1. The summed E-state index contributed by atoms with van der Waals surface area (Å²) in [5.41, 5.74) is 1.99. The summed E-state index contributed by atoms with van der Waals surface area (Å²) in [4.78, 5) is 20.0. The van der Waals surface area contributed by atoms with Gasteiger partial charge in [-0.15, -0.1) is 0 Å². The minimum Gasteiger partial charge on any atom is -0.465 e. The molecule has 1 fully saturated rings. The average Bonchev–Trinajstić information content (AvgIpc) is 3.14. The summed E-state index contributed by atoms with van der Waals surface area (Å²) in [6, 6.07) is 10.00. The van der Waals surface area contributed by atoms with Crippen molar-refractivity contribution < 1.29 is 9.90 Å². The lowest BCUT2D eigenvalue weighted by atomic mass is 9.76. The quantitative estimate of drug-likeness (QED) is 0.661. The molecule has 1 amide bonds. The molecule has 2 heterocycles. The van der Waals surface area contributed by atoms with Crippen LogP contribution in [-0.2, 0) is 6.42 Å². The molecular weight excluding hydrogens is 376 g/mol. The van der Waals surface area contributed by atoms with Gasteiger partial charge < -0.3 is 10.4 Å². The van der Waals surface area contributed by atoms with Gasteiger partial charge >= 0.3 is 6.09 Å². The van der Waals surface area contributed by atoms with E-state index >= 15 is 0 Å². The van der Waals surface area contributed by atoms with Crippen molar-refractivity contribution in [3.8, 4) is 0 Å². The van der Waals surface area contributed by atoms with Crippen LogP contribution in [0.5, 0.6) is 0 Å². The third-order valence-electron chi connectivity index (χ3n) is 5.75. The van der Waals surface area contributed by atoms with Gasteiger partial charge in [-0.1, -0.05) is 41.9 Å². The van der Waals surface area contributed by atoms with Gasteiger partial charge in [0.2, 0.25) is 0 Å². The fraction of sp³-hybridized carbons (Fsp3) is 0.381. The SMILES string of the molecule is O=C(O)NC(Cc1ccccc1)[C@H]1CC[C@H](c2ncc3c(Cl)nccn32)CC1. The minimum atomic E-state index is -0.954. The predicted octanol–water partition coefficient (Wildman–Crippen LogP) is 4.54. The Morgan fingerprint density at radius 2 is 1.96 bits per heavy atom. The van der Waals surface area contributed by atoms with Crippen molar-refractivity contribution in [1.29, 1.82) is 0 Å². The van der Waals surface area contributed by atoms with Crippen LogP contribution in [0.15, 0.2) is 48.9 Å². The molecule has 0 saturated heterocycles. The smallest absolute Gasteiger partial charge is 0.404 e. The highest BCUT2D eigenvalue weighted by atomic mass is 35.5. The van der Waals surface area contributed by atoms with E-state index in [2.05, 4.69) is 27.4 Å². The van der Waals surface area contributed by atoms with Gasteiger partial charge in [-0.3, -0.25) is 4.40 Å². The predicted molar refractivity (Wildman–Crippen MR) is 108 cm³/mol. The lowest BCUT2D eigenvalue weighted by Gasteiger charge is -2.33. The first-order valence-electron chi connectivity index (χ1n) is 9.62. The van der Waals surface area contributed by atoms with Crippen LogP contribution >= 0.6 is 11.6 Å². The van der Waals surface area contributed by atoms with E-state index < -0.39 is 6.09 Å². The number of nitrogens with zero attached hydrogens (tertiary/aromatic N) is 3. The van der Waals surface area contributed by atoms with Crippen LogP contribution in [0.1, 0.15) is 43.0 Å². The van der Waals surface area contributed by atoms with Crippen LogP contribution in [0.2, 0.25) is 5.15 Å². The van der Waals surface area contributed by atoms with Crippen LogP contribution in [0.4, 0.5) is 4.79 Å². The second-order valence-corrected chi connectivity index (χ2v) is 7.81. The molecule has 146 valence electrons.